The van der Waals surface area contributed by atoms with E-state index in [1.165, 1.54) is 6.20 Å². The molecule has 2 atom stereocenters. The van der Waals surface area contributed by atoms with Crippen LogP contribution in [0.15, 0.2) is 30.6 Å². The summed E-state index contributed by atoms with van der Waals surface area (Å²) in [6.45, 7) is -1.20. The maximum absolute atomic E-state index is 13.8. The van der Waals surface area contributed by atoms with E-state index >= 15 is 0 Å². The van der Waals surface area contributed by atoms with Crippen LogP contribution in [0.1, 0.15) is 29.5 Å². The molecule has 5 rings (SSSR count). The Bertz CT molecular complexity index is 1210. The number of fused-ring (bicyclic) bond motifs is 2. The highest BCUT2D eigenvalue weighted by Gasteiger charge is 2.43. The van der Waals surface area contributed by atoms with Gasteiger partial charge in [-0.15, -0.1) is 0 Å². The van der Waals surface area contributed by atoms with Gasteiger partial charge in [-0.3, -0.25) is 0 Å². The van der Waals surface area contributed by atoms with Crippen molar-refractivity contribution in [3.05, 3.63) is 53.0 Å². The number of aromatic nitrogens is 6. The third-order valence-corrected chi connectivity index (χ3v) is 5.02. The van der Waals surface area contributed by atoms with Gasteiger partial charge >= 0.3 is 6.18 Å². The number of rotatable bonds is 3. The minimum Gasteiger partial charge on any atom is -0.238 e. The molecule has 0 aliphatic heterocycles. The maximum atomic E-state index is 13.8. The van der Waals surface area contributed by atoms with Crippen LogP contribution in [0.5, 0.6) is 0 Å². The summed E-state index contributed by atoms with van der Waals surface area (Å²) in [5.41, 5.74) is 1.95. The third-order valence-electron chi connectivity index (χ3n) is 4.83. The van der Waals surface area contributed by atoms with Crippen molar-refractivity contribution >= 4 is 28.3 Å². The van der Waals surface area contributed by atoms with Crippen LogP contribution in [-0.4, -0.2) is 35.5 Å². The van der Waals surface area contributed by atoms with Gasteiger partial charge in [-0.2, -0.15) is 32.3 Å². The zero-order chi connectivity index (χ0) is 19.6. The van der Waals surface area contributed by atoms with Crippen LogP contribution in [0.3, 0.4) is 0 Å². The van der Waals surface area contributed by atoms with Crippen LogP contribution < -0.4 is 0 Å². The molecule has 1 aliphatic carbocycles. The van der Waals surface area contributed by atoms with Crippen molar-refractivity contribution in [2.45, 2.75) is 31.0 Å². The first-order valence-corrected chi connectivity index (χ1v) is 8.77. The average Bonchev–Trinajstić information content (AvgIpc) is 3.22. The van der Waals surface area contributed by atoms with Crippen molar-refractivity contribution < 1.29 is 17.6 Å². The molecule has 11 heteroatoms. The number of imidazole rings is 1. The smallest absolute Gasteiger partial charge is 0.238 e. The zero-order valence-electron chi connectivity index (χ0n) is 14.0. The molecule has 6 nitrogen and oxygen atoms in total. The van der Waals surface area contributed by atoms with E-state index in [0.29, 0.717) is 23.1 Å². The molecule has 0 N–H and O–H groups in total. The summed E-state index contributed by atoms with van der Waals surface area (Å²) in [6.07, 6.45) is -1.25. The zero-order valence-corrected chi connectivity index (χ0v) is 14.8. The summed E-state index contributed by atoms with van der Waals surface area (Å²) < 4.78 is 53.9. The molecular weight excluding hydrogens is 400 g/mol. The molecule has 0 unspecified atom stereocenters. The van der Waals surface area contributed by atoms with Gasteiger partial charge in [0.15, 0.2) is 16.4 Å². The maximum Gasteiger partial charge on any atom is 0.408 e. The number of alkyl halides is 3. The lowest BCUT2D eigenvalue weighted by Crippen LogP contribution is -2.18. The van der Waals surface area contributed by atoms with E-state index in [1.807, 2.05) is 0 Å². The summed E-state index contributed by atoms with van der Waals surface area (Å²) in [5.74, 6) is -0.666. The predicted molar refractivity (Wildman–Crippen MR) is 91.6 cm³/mol. The van der Waals surface area contributed by atoms with Gasteiger partial charge < -0.3 is 0 Å². The van der Waals surface area contributed by atoms with E-state index in [0.717, 1.165) is 21.0 Å². The SMILES string of the molecule is Fc1cnc2c([C@H]3C[C@@H]3c3ccc4cnn(CC(F)(F)F)c4n3)cc(Cl)nn12. The van der Waals surface area contributed by atoms with Crippen molar-refractivity contribution in [3.8, 4) is 0 Å². The molecule has 4 heterocycles. The fourth-order valence-corrected chi connectivity index (χ4v) is 3.73. The third kappa shape index (κ3) is 2.88. The Kier molecular flexibility index (Phi) is 3.64. The van der Waals surface area contributed by atoms with Gasteiger partial charge in [-0.05, 0) is 30.5 Å². The lowest BCUT2D eigenvalue weighted by molar-refractivity contribution is -0.141. The Morgan fingerprint density at radius 1 is 1.14 bits per heavy atom. The molecule has 4 aromatic heterocycles. The number of hydrogen-bond acceptors (Lipinski definition) is 4. The van der Waals surface area contributed by atoms with E-state index in [9.17, 15) is 17.6 Å². The second-order valence-electron chi connectivity index (χ2n) is 6.75. The van der Waals surface area contributed by atoms with Crippen LogP contribution >= 0.6 is 11.6 Å². The van der Waals surface area contributed by atoms with Crippen LogP contribution in [0.4, 0.5) is 17.6 Å². The first kappa shape index (κ1) is 17.4. The summed E-state index contributed by atoms with van der Waals surface area (Å²) >= 11 is 6.00. The molecule has 1 aliphatic rings. The second kappa shape index (κ2) is 5.87. The first-order valence-electron chi connectivity index (χ1n) is 8.39. The van der Waals surface area contributed by atoms with Crippen LogP contribution in [0, 0.1) is 5.95 Å². The number of pyridine rings is 1. The molecule has 0 aromatic carbocycles. The Labute approximate surface area is 159 Å². The van der Waals surface area contributed by atoms with Crippen LogP contribution in [0.25, 0.3) is 16.7 Å². The van der Waals surface area contributed by atoms with Gasteiger partial charge in [-0.1, -0.05) is 11.6 Å². The normalized spacial score (nSPS) is 19.6. The fourth-order valence-electron chi connectivity index (χ4n) is 3.53. The highest BCUT2D eigenvalue weighted by molar-refractivity contribution is 6.29. The number of halogens is 5. The monoisotopic (exact) mass is 410 g/mol. The molecular formula is C17H11ClF4N6. The van der Waals surface area contributed by atoms with E-state index < -0.39 is 18.7 Å². The van der Waals surface area contributed by atoms with Gasteiger partial charge in [0, 0.05) is 22.6 Å². The van der Waals surface area contributed by atoms with Gasteiger partial charge in [0.25, 0.3) is 0 Å². The molecule has 0 spiro atoms. The van der Waals surface area contributed by atoms with E-state index in [4.69, 9.17) is 11.6 Å². The molecule has 1 fully saturated rings. The fraction of sp³-hybridized carbons (Fsp3) is 0.294. The highest BCUT2D eigenvalue weighted by atomic mass is 35.5. The van der Waals surface area contributed by atoms with Crippen LogP contribution in [0.2, 0.25) is 5.15 Å². The largest absolute Gasteiger partial charge is 0.408 e. The van der Waals surface area contributed by atoms with E-state index in [1.54, 1.807) is 18.2 Å². The van der Waals surface area contributed by atoms with Crippen molar-refractivity contribution in [1.82, 2.24) is 29.4 Å². The summed E-state index contributed by atoms with van der Waals surface area (Å²) in [5, 5.41) is 8.35. The minimum absolute atomic E-state index is 0.0197. The first-order chi connectivity index (χ1) is 13.3. The van der Waals surface area contributed by atoms with Crippen LogP contribution in [-0.2, 0) is 6.54 Å². The summed E-state index contributed by atoms with van der Waals surface area (Å²) in [6, 6.07) is 5.12. The van der Waals surface area contributed by atoms with E-state index in [-0.39, 0.29) is 22.6 Å². The topological polar surface area (TPSA) is 60.9 Å². The number of nitrogens with zero attached hydrogens (tertiary/aromatic N) is 6. The predicted octanol–water partition coefficient (Wildman–Crippen LogP) is 4.10. The second-order valence-corrected chi connectivity index (χ2v) is 7.14. The molecule has 1 saturated carbocycles. The van der Waals surface area contributed by atoms with Crippen molar-refractivity contribution in [2.24, 2.45) is 0 Å². The van der Waals surface area contributed by atoms with E-state index in [2.05, 4.69) is 20.2 Å². The molecule has 4 aromatic rings. The summed E-state index contributed by atoms with van der Waals surface area (Å²) in [4.78, 5) is 8.47. The Morgan fingerprint density at radius 2 is 1.96 bits per heavy atom. The lowest BCUT2D eigenvalue weighted by atomic mass is 10.1. The molecule has 0 bridgehead atoms. The van der Waals surface area contributed by atoms with Crippen molar-refractivity contribution in [3.63, 3.8) is 0 Å². The molecule has 0 saturated heterocycles. The lowest BCUT2D eigenvalue weighted by Gasteiger charge is -2.08. The minimum atomic E-state index is -4.39. The quantitative estimate of drug-likeness (QED) is 0.477. The summed E-state index contributed by atoms with van der Waals surface area (Å²) in [7, 11) is 0. The van der Waals surface area contributed by atoms with Crippen molar-refractivity contribution in [1.29, 1.82) is 0 Å². The molecule has 28 heavy (non-hydrogen) atoms. The molecule has 144 valence electrons. The van der Waals surface area contributed by atoms with Gasteiger partial charge in [0.1, 0.15) is 6.54 Å². The highest BCUT2D eigenvalue weighted by Crippen LogP contribution is 2.55. The molecule has 0 amide bonds. The Hall–Kier alpha value is -2.75. The van der Waals surface area contributed by atoms with Gasteiger partial charge in [0.2, 0.25) is 5.95 Å². The molecule has 0 radical (unpaired) electrons. The van der Waals surface area contributed by atoms with Gasteiger partial charge in [0.05, 0.1) is 12.4 Å². The number of hydrogen-bond donors (Lipinski definition) is 0. The standard InChI is InChI=1S/C17H11ClF4N6/c18-13-4-11(16-23-6-14(19)28(16)26-13)9-3-10(9)12-2-1-8-5-24-27(15(8)25-12)7-17(20,21)22/h1-2,4-6,9-10H,3,7H2/t9-,10-/m0/s1. The average molecular weight is 411 g/mol. The van der Waals surface area contributed by atoms with Crippen molar-refractivity contribution in [2.75, 3.05) is 0 Å². The Balaban J connectivity index is 1.51. The van der Waals surface area contributed by atoms with Gasteiger partial charge in [-0.25, -0.2) is 14.6 Å². The Morgan fingerprint density at radius 3 is 2.75 bits per heavy atom.